The monoisotopic (exact) mass is 280 g/mol. The number of hydrogen-bond acceptors (Lipinski definition) is 2. The Labute approximate surface area is 125 Å². The van der Waals surface area contributed by atoms with Crippen LogP contribution in [0.2, 0.25) is 0 Å². The zero-order valence-corrected chi connectivity index (χ0v) is 12.6. The molecule has 2 heteroatoms. The first-order chi connectivity index (χ1) is 10.3. The van der Waals surface area contributed by atoms with Crippen LogP contribution in [0, 0.1) is 0 Å². The van der Waals surface area contributed by atoms with Crippen LogP contribution >= 0.6 is 0 Å². The molecule has 0 amide bonds. The van der Waals surface area contributed by atoms with Gasteiger partial charge in [0, 0.05) is 11.1 Å². The number of benzene rings is 2. The van der Waals surface area contributed by atoms with Crippen molar-refractivity contribution in [2.75, 3.05) is 13.2 Å². The van der Waals surface area contributed by atoms with Crippen LogP contribution in [0.1, 0.15) is 36.1 Å². The van der Waals surface area contributed by atoms with Crippen molar-refractivity contribution in [3.05, 3.63) is 58.7 Å². The first-order valence-corrected chi connectivity index (χ1v) is 7.83. The topological polar surface area (TPSA) is 18.5 Å². The van der Waals surface area contributed by atoms with E-state index in [9.17, 15) is 0 Å². The van der Waals surface area contributed by atoms with Gasteiger partial charge in [0.2, 0.25) is 5.79 Å². The summed E-state index contributed by atoms with van der Waals surface area (Å²) < 4.78 is 12.3. The fourth-order valence-corrected chi connectivity index (χ4v) is 3.51. The third-order valence-corrected chi connectivity index (χ3v) is 4.68. The van der Waals surface area contributed by atoms with Crippen molar-refractivity contribution in [2.24, 2.45) is 0 Å². The van der Waals surface area contributed by atoms with Crippen LogP contribution in [0.15, 0.2) is 36.4 Å². The summed E-state index contributed by atoms with van der Waals surface area (Å²) in [6.07, 6.45) is 2.06. The largest absolute Gasteiger partial charge is 0.340 e. The van der Waals surface area contributed by atoms with Crippen molar-refractivity contribution in [3.63, 3.8) is 0 Å². The smallest absolute Gasteiger partial charge is 0.223 e. The zero-order valence-electron chi connectivity index (χ0n) is 12.6. The summed E-state index contributed by atoms with van der Waals surface area (Å²) in [5, 5.41) is 0. The molecule has 0 radical (unpaired) electrons. The maximum Gasteiger partial charge on any atom is 0.223 e. The molecular weight excluding hydrogens is 260 g/mol. The molecule has 1 saturated heterocycles. The summed E-state index contributed by atoms with van der Waals surface area (Å²) in [6.45, 7) is 5.68. The minimum absolute atomic E-state index is 0.658. The van der Waals surface area contributed by atoms with Gasteiger partial charge < -0.3 is 9.47 Å². The van der Waals surface area contributed by atoms with Gasteiger partial charge in [0.1, 0.15) is 0 Å². The van der Waals surface area contributed by atoms with Crippen LogP contribution in [0.4, 0.5) is 0 Å². The molecule has 108 valence electrons. The molecule has 0 unspecified atom stereocenters. The quantitative estimate of drug-likeness (QED) is 0.826. The summed E-state index contributed by atoms with van der Waals surface area (Å²) in [6, 6.07) is 13.4. The van der Waals surface area contributed by atoms with Crippen molar-refractivity contribution >= 4 is 0 Å². The Kier molecular flexibility index (Phi) is 2.91. The number of hydrogen-bond donors (Lipinski definition) is 0. The summed E-state index contributed by atoms with van der Waals surface area (Å²) in [5.41, 5.74) is 7.54. The standard InChI is InChI=1S/C19H20O2/c1-3-13-5-7-15-16-8-6-14(4-2)12-18(16)19(17(15)11-13)20-9-10-21-19/h5-8,11-12H,3-4,9-10H2,1-2H3. The lowest BCUT2D eigenvalue weighted by Crippen LogP contribution is -2.26. The van der Waals surface area contributed by atoms with Crippen LogP contribution in [-0.2, 0) is 28.1 Å². The van der Waals surface area contributed by atoms with Gasteiger partial charge in [-0.05, 0) is 47.2 Å². The van der Waals surface area contributed by atoms with Gasteiger partial charge in [-0.2, -0.15) is 0 Å². The number of fused-ring (bicyclic) bond motifs is 5. The van der Waals surface area contributed by atoms with E-state index in [2.05, 4.69) is 50.2 Å². The average Bonchev–Trinajstić information content (AvgIpc) is 3.13. The lowest BCUT2D eigenvalue weighted by molar-refractivity contribution is -0.126. The molecule has 0 atom stereocenters. The Morgan fingerprint density at radius 1 is 0.810 bits per heavy atom. The van der Waals surface area contributed by atoms with Crippen molar-refractivity contribution in [1.82, 2.24) is 0 Å². The van der Waals surface area contributed by atoms with Crippen LogP contribution in [0.5, 0.6) is 0 Å². The van der Waals surface area contributed by atoms with E-state index in [4.69, 9.17) is 9.47 Å². The highest BCUT2D eigenvalue weighted by atomic mass is 16.7. The molecule has 2 nitrogen and oxygen atoms in total. The second-order valence-corrected chi connectivity index (χ2v) is 5.78. The van der Waals surface area contributed by atoms with Gasteiger partial charge in [-0.3, -0.25) is 0 Å². The van der Waals surface area contributed by atoms with E-state index in [1.165, 1.54) is 33.4 Å². The third kappa shape index (κ3) is 1.73. The third-order valence-electron chi connectivity index (χ3n) is 4.68. The highest BCUT2D eigenvalue weighted by Crippen LogP contribution is 2.52. The van der Waals surface area contributed by atoms with Gasteiger partial charge in [-0.25, -0.2) is 0 Å². The molecule has 1 spiro atoms. The number of rotatable bonds is 2. The summed E-state index contributed by atoms with van der Waals surface area (Å²) in [7, 11) is 0. The Balaban J connectivity index is 1.99. The average molecular weight is 280 g/mol. The summed E-state index contributed by atoms with van der Waals surface area (Å²) in [4.78, 5) is 0. The molecule has 21 heavy (non-hydrogen) atoms. The maximum atomic E-state index is 6.13. The molecule has 4 rings (SSSR count). The van der Waals surface area contributed by atoms with Gasteiger partial charge in [-0.1, -0.05) is 38.1 Å². The molecular formula is C19H20O2. The molecule has 0 N–H and O–H groups in total. The summed E-state index contributed by atoms with van der Waals surface area (Å²) >= 11 is 0. The number of aryl methyl sites for hydroxylation is 2. The van der Waals surface area contributed by atoms with Gasteiger partial charge in [0.15, 0.2) is 0 Å². The SMILES string of the molecule is CCc1ccc2c(c1)C1(OCCO1)c1cc(CC)ccc1-2. The van der Waals surface area contributed by atoms with E-state index in [1.54, 1.807) is 0 Å². The summed E-state index contributed by atoms with van der Waals surface area (Å²) in [5.74, 6) is -0.666. The van der Waals surface area contributed by atoms with E-state index in [-0.39, 0.29) is 0 Å². The first-order valence-electron chi connectivity index (χ1n) is 7.83. The molecule has 2 aliphatic rings. The molecule has 2 aromatic rings. The molecule has 0 aromatic heterocycles. The minimum atomic E-state index is -0.666. The van der Waals surface area contributed by atoms with E-state index in [1.807, 2.05) is 0 Å². The molecule has 1 heterocycles. The lowest BCUT2D eigenvalue weighted by atomic mass is 9.99. The van der Waals surface area contributed by atoms with Crippen molar-refractivity contribution < 1.29 is 9.47 Å². The predicted octanol–water partition coefficient (Wildman–Crippen LogP) is 4.04. The van der Waals surface area contributed by atoms with Crippen LogP contribution in [0.25, 0.3) is 11.1 Å². The minimum Gasteiger partial charge on any atom is -0.340 e. The Morgan fingerprint density at radius 3 is 1.71 bits per heavy atom. The molecule has 2 aromatic carbocycles. The van der Waals surface area contributed by atoms with Crippen LogP contribution < -0.4 is 0 Å². The molecule has 0 saturated carbocycles. The van der Waals surface area contributed by atoms with E-state index in [0.717, 1.165) is 12.8 Å². The maximum absolute atomic E-state index is 6.13. The first kappa shape index (κ1) is 13.1. The van der Waals surface area contributed by atoms with Crippen molar-refractivity contribution in [3.8, 4) is 11.1 Å². The highest BCUT2D eigenvalue weighted by molar-refractivity contribution is 5.80. The van der Waals surface area contributed by atoms with Crippen molar-refractivity contribution in [1.29, 1.82) is 0 Å². The second-order valence-electron chi connectivity index (χ2n) is 5.78. The molecule has 1 aliphatic carbocycles. The second kappa shape index (κ2) is 4.69. The fourth-order valence-electron chi connectivity index (χ4n) is 3.51. The Hall–Kier alpha value is -1.64. The van der Waals surface area contributed by atoms with Crippen LogP contribution in [0.3, 0.4) is 0 Å². The highest BCUT2D eigenvalue weighted by Gasteiger charge is 2.48. The Bertz CT molecular complexity index is 641. The van der Waals surface area contributed by atoms with E-state index < -0.39 is 5.79 Å². The lowest BCUT2D eigenvalue weighted by Gasteiger charge is -2.25. The van der Waals surface area contributed by atoms with Crippen molar-refractivity contribution in [2.45, 2.75) is 32.5 Å². The zero-order chi connectivity index (χ0) is 14.4. The van der Waals surface area contributed by atoms with Gasteiger partial charge in [0.25, 0.3) is 0 Å². The van der Waals surface area contributed by atoms with Crippen LogP contribution in [-0.4, -0.2) is 13.2 Å². The van der Waals surface area contributed by atoms with E-state index in [0.29, 0.717) is 13.2 Å². The predicted molar refractivity (Wildman–Crippen MR) is 83.3 cm³/mol. The van der Waals surface area contributed by atoms with Gasteiger partial charge in [-0.15, -0.1) is 0 Å². The Morgan fingerprint density at radius 2 is 1.29 bits per heavy atom. The van der Waals surface area contributed by atoms with E-state index >= 15 is 0 Å². The molecule has 0 bridgehead atoms. The molecule has 1 aliphatic heterocycles. The normalized spacial score (nSPS) is 18.0. The van der Waals surface area contributed by atoms with Gasteiger partial charge >= 0.3 is 0 Å². The number of ether oxygens (including phenoxy) is 2. The molecule has 1 fully saturated rings. The fraction of sp³-hybridized carbons (Fsp3) is 0.368. The van der Waals surface area contributed by atoms with Gasteiger partial charge in [0.05, 0.1) is 13.2 Å².